The number of hydrogen-bond donors (Lipinski definition) is 2. The van der Waals surface area contributed by atoms with E-state index in [0.717, 1.165) is 24.3 Å². The molecular weight excluding hydrogens is 234 g/mol. The molecule has 1 rings (SSSR count). The van der Waals surface area contributed by atoms with Crippen LogP contribution < -0.4 is 10.6 Å². The van der Waals surface area contributed by atoms with Crippen LogP contribution in [0, 0.1) is 11.3 Å². The van der Waals surface area contributed by atoms with Gasteiger partial charge in [-0.1, -0.05) is 12.1 Å². The molecule has 104 valence electrons. The van der Waals surface area contributed by atoms with E-state index < -0.39 is 5.41 Å². The molecule has 19 heavy (non-hydrogen) atoms. The molecule has 1 aromatic rings. The van der Waals surface area contributed by atoms with E-state index in [1.165, 1.54) is 0 Å². The second kappa shape index (κ2) is 6.08. The zero-order chi connectivity index (χ0) is 14.5. The second-order valence-corrected chi connectivity index (χ2v) is 6.42. The molecule has 0 bridgehead atoms. The van der Waals surface area contributed by atoms with Crippen molar-refractivity contribution in [1.29, 1.82) is 5.26 Å². The molecule has 0 saturated heterocycles. The van der Waals surface area contributed by atoms with Crippen molar-refractivity contribution in [3.05, 3.63) is 29.8 Å². The van der Waals surface area contributed by atoms with Crippen molar-refractivity contribution in [2.75, 3.05) is 18.4 Å². The number of hydrogen-bond acceptors (Lipinski definition) is 3. The fourth-order valence-electron chi connectivity index (χ4n) is 1.71. The van der Waals surface area contributed by atoms with Crippen molar-refractivity contribution in [1.82, 2.24) is 5.32 Å². The van der Waals surface area contributed by atoms with E-state index in [0.29, 0.717) is 0 Å². The summed E-state index contributed by atoms with van der Waals surface area (Å²) in [6.45, 7) is 12.2. The molecule has 0 atom stereocenters. The molecule has 0 spiro atoms. The lowest BCUT2D eigenvalue weighted by Gasteiger charge is -2.21. The molecular formula is C16H25N3. The first-order valence-corrected chi connectivity index (χ1v) is 6.75. The molecule has 2 N–H and O–H groups in total. The molecule has 0 heterocycles. The number of benzene rings is 1. The van der Waals surface area contributed by atoms with Gasteiger partial charge in [0.05, 0.1) is 11.5 Å². The fraction of sp³-hybridized carbons (Fsp3) is 0.562. The Morgan fingerprint density at radius 2 is 1.58 bits per heavy atom. The smallest absolute Gasteiger partial charge is 0.0766 e. The Balaban J connectivity index is 2.48. The minimum absolute atomic E-state index is 0.155. The summed E-state index contributed by atoms with van der Waals surface area (Å²) >= 11 is 0. The molecule has 0 radical (unpaired) electrons. The molecule has 0 aliphatic heterocycles. The van der Waals surface area contributed by atoms with Crippen LogP contribution >= 0.6 is 0 Å². The second-order valence-electron chi connectivity index (χ2n) is 6.42. The largest absolute Gasteiger partial charge is 0.384 e. The molecule has 0 fully saturated rings. The maximum Gasteiger partial charge on any atom is 0.0766 e. The first-order chi connectivity index (χ1) is 8.74. The highest BCUT2D eigenvalue weighted by Crippen LogP contribution is 2.23. The van der Waals surface area contributed by atoms with E-state index >= 15 is 0 Å². The van der Waals surface area contributed by atoms with Gasteiger partial charge < -0.3 is 10.6 Å². The normalized spacial score (nSPS) is 12.0. The number of nitrogens with zero attached hydrogens (tertiary/aromatic N) is 1. The van der Waals surface area contributed by atoms with Crippen LogP contribution in [0.1, 0.15) is 40.2 Å². The summed E-state index contributed by atoms with van der Waals surface area (Å²) in [7, 11) is 0. The van der Waals surface area contributed by atoms with Gasteiger partial charge >= 0.3 is 0 Å². The Hall–Kier alpha value is -1.53. The van der Waals surface area contributed by atoms with Gasteiger partial charge in [-0.15, -0.1) is 0 Å². The first-order valence-electron chi connectivity index (χ1n) is 6.75. The van der Waals surface area contributed by atoms with E-state index in [1.54, 1.807) is 0 Å². The van der Waals surface area contributed by atoms with Crippen LogP contribution in [0.4, 0.5) is 5.69 Å². The number of rotatable bonds is 5. The molecule has 0 amide bonds. The van der Waals surface area contributed by atoms with E-state index in [2.05, 4.69) is 37.5 Å². The van der Waals surface area contributed by atoms with Crippen LogP contribution in [0.3, 0.4) is 0 Å². The van der Waals surface area contributed by atoms with Gasteiger partial charge in [0.25, 0.3) is 0 Å². The highest BCUT2D eigenvalue weighted by atomic mass is 15.0. The SMILES string of the molecule is CC(C)(C)NCCNc1ccc(C(C)(C)C#N)cc1. The zero-order valence-electron chi connectivity index (χ0n) is 12.7. The van der Waals surface area contributed by atoms with E-state index in [9.17, 15) is 0 Å². The van der Waals surface area contributed by atoms with E-state index in [-0.39, 0.29) is 5.54 Å². The molecule has 0 aliphatic rings. The van der Waals surface area contributed by atoms with Crippen molar-refractivity contribution in [2.45, 2.75) is 45.6 Å². The Bertz CT molecular complexity index is 433. The third kappa shape index (κ3) is 5.32. The van der Waals surface area contributed by atoms with E-state index in [1.807, 2.05) is 38.1 Å². The van der Waals surface area contributed by atoms with Gasteiger partial charge in [-0.2, -0.15) is 5.26 Å². The fourth-order valence-corrected chi connectivity index (χ4v) is 1.71. The van der Waals surface area contributed by atoms with Gasteiger partial charge in [-0.25, -0.2) is 0 Å². The van der Waals surface area contributed by atoms with Gasteiger partial charge in [0.15, 0.2) is 0 Å². The maximum atomic E-state index is 9.09. The van der Waals surface area contributed by atoms with E-state index in [4.69, 9.17) is 5.26 Å². The third-order valence-corrected chi connectivity index (χ3v) is 3.00. The lowest BCUT2D eigenvalue weighted by Crippen LogP contribution is -2.38. The van der Waals surface area contributed by atoms with Gasteiger partial charge in [-0.3, -0.25) is 0 Å². The van der Waals surface area contributed by atoms with Crippen molar-refractivity contribution in [3.8, 4) is 6.07 Å². The van der Waals surface area contributed by atoms with Crippen LogP contribution in [0.5, 0.6) is 0 Å². The quantitative estimate of drug-likeness (QED) is 0.798. The molecule has 3 heteroatoms. The number of nitrogens with one attached hydrogen (secondary N) is 2. The molecule has 0 aliphatic carbocycles. The summed E-state index contributed by atoms with van der Waals surface area (Å²) in [6, 6.07) is 10.4. The van der Waals surface area contributed by atoms with Crippen LogP contribution in [0.15, 0.2) is 24.3 Å². The zero-order valence-corrected chi connectivity index (χ0v) is 12.7. The van der Waals surface area contributed by atoms with Crippen LogP contribution in [-0.2, 0) is 5.41 Å². The summed E-state index contributed by atoms with van der Waals surface area (Å²) in [5, 5.41) is 15.9. The standard InChI is InChI=1S/C16H25N3/c1-15(2,3)19-11-10-18-14-8-6-13(7-9-14)16(4,5)12-17/h6-9,18-19H,10-11H2,1-5H3. The van der Waals surface area contributed by atoms with Crippen molar-refractivity contribution in [2.24, 2.45) is 0 Å². The molecule has 0 unspecified atom stereocenters. The summed E-state index contributed by atoms with van der Waals surface area (Å²) in [6.07, 6.45) is 0. The lowest BCUT2D eigenvalue weighted by atomic mass is 9.86. The lowest BCUT2D eigenvalue weighted by molar-refractivity contribution is 0.435. The van der Waals surface area contributed by atoms with Crippen LogP contribution in [0.2, 0.25) is 0 Å². The highest BCUT2D eigenvalue weighted by molar-refractivity contribution is 5.46. The Morgan fingerprint density at radius 1 is 1.00 bits per heavy atom. The summed E-state index contributed by atoms with van der Waals surface area (Å²) in [5.41, 5.74) is 1.87. The predicted molar refractivity (Wildman–Crippen MR) is 81.3 cm³/mol. The Labute approximate surface area is 117 Å². The van der Waals surface area contributed by atoms with Gasteiger partial charge in [0, 0.05) is 24.3 Å². The van der Waals surface area contributed by atoms with Crippen molar-refractivity contribution >= 4 is 5.69 Å². The monoisotopic (exact) mass is 259 g/mol. The van der Waals surface area contributed by atoms with Gasteiger partial charge in [-0.05, 0) is 52.3 Å². The summed E-state index contributed by atoms with van der Waals surface area (Å²) in [4.78, 5) is 0. The topological polar surface area (TPSA) is 47.8 Å². The summed E-state index contributed by atoms with van der Waals surface area (Å²) < 4.78 is 0. The number of anilines is 1. The minimum atomic E-state index is -0.424. The third-order valence-electron chi connectivity index (χ3n) is 3.00. The predicted octanol–water partition coefficient (Wildman–Crippen LogP) is 3.29. The van der Waals surface area contributed by atoms with Crippen LogP contribution in [0.25, 0.3) is 0 Å². The Kier molecular flexibility index (Phi) is 4.97. The Morgan fingerprint density at radius 3 is 2.05 bits per heavy atom. The first kappa shape index (κ1) is 15.5. The van der Waals surface area contributed by atoms with Crippen molar-refractivity contribution < 1.29 is 0 Å². The average Bonchev–Trinajstić information content (AvgIpc) is 2.34. The summed E-state index contributed by atoms with van der Waals surface area (Å²) in [5.74, 6) is 0. The highest BCUT2D eigenvalue weighted by Gasteiger charge is 2.18. The number of nitriles is 1. The molecule has 0 aromatic heterocycles. The molecule has 0 saturated carbocycles. The minimum Gasteiger partial charge on any atom is -0.384 e. The van der Waals surface area contributed by atoms with Crippen LogP contribution in [-0.4, -0.2) is 18.6 Å². The van der Waals surface area contributed by atoms with Crippen molar-refractivity contribution in [3.63, 3.8) is 0 Å². The molecule has 3 nitrogen and oxygen atoms in total. The average molecular weight is 259 g/mol. The molecule has 1 aromatic carbocycles. The van der Waals surface area contributed by atoms with Gasteiger partial charge in [0.2, 0.25) is 0 Å². The maximum absolute atomic E-state index is 9.09. The van der Waals surface area contributed by atoms with Gasteiger partial charge in [0.1, 0.15) is 0 Å².